The molecular formula is C20H22BrN3O5. The number of carbonyl (C=O) groups is 1. The number of morpholine rings is 1. The van der Waals surface area contributed by atoms with Crippen LogP contribution >= 0.6 is 15.9 Å². The first-order valence-corrected chi connectivity index (χ1v) is 9.97. The van der Waals surface area contributed by atoms with Gasteiger partial charge < -0.3 is 14.8 Å². The van der Waals surface area contributed by atoms with Crippen molar-refractivity contribution >= 4 is 27.5 Å². The Kier molecular flexibility index (Phi) is 7.18. The minimum atomic E-state index is -0.519. The minimum Gasteiger partial charge on any atom is -0.497 e. The van der Waals surface area contributed by atoms with Crippen LogP contribution in [0.5, 0.6) is 5.75 Å². The Bertz CT molecular complexity index is 869. The van der Waals surface area contributed by atoms with Gasteiger partial charge in [-0.25, -0.2) is 0 Å². The van der Waals surface area contributed by atoms with Gasteiger partial charge in [-0.2, -0.15) is 0 Å². The van der Waals surface area contributed by atoms with Crippen molar-refractivity contribution in [3.05, 3.63) is 68.2 Å². The van der Waals surface area contributed by atoms with Gasteiger partial charge in [0.15, 0.2) is 0 Å². The van der Waals surface area contributed by atoms with E-state index in [-0.39, 0.29) is 23.2 Å². The lowest BCUT2D eigenvalue weighted by Gasteiger charge is -2.35. The monoisotopic (exact) mass is 463 g/mol. The van der Waals surface area contributed by atoms with E-state index < -0.39 is 4.92 Å². The molecule has 0 radical (unpaired) electrons. The molecule has 1 aliphatic heterocycles. The highest BCUT2D eigenvalue weighted by atomic mass is 79.9. The van der Waals surface area contributed by atoms with Gasteiger partial charge in [-0.1, -0.05) is 12.1 Å². The summed E-state index contributed by atoms with van der Waals surface area (Å²) in [6, 6.07) is 12.0. The summed E-state index contributed by atoms with van der Waals surface area (Å²) >= 11 is 3.13. The second kappa shape index (κ2) is 9.82. The van der Waals surface area contributed by atoms with Crippen molar-refractivity contribution in [1.82, 2.24) is 10.2 Å². The molecule has 1 fully saturated rings. The molecule has 1 amide bonds. The summed E-state index contributed by atoms with van der Waals surface area (Å²) in [5, 5.41) is 14.0. The van der Waals surface area contributed by atoms with Crippen LogP contribution in [0.4, 0.5) is 5.69 Å². The Balaban J connectivity index is 1.76. The maximum absolute atomic E-state index is 12.6. The van der Waals surface area contributed by atoms with E-state index in [1.54, 1.807) is 13.2 Å². The van der Waals surface area contributed by atoms with Crippen molar-refractivity contribution in [2.75, 3.05) is 40.0 Å². The summed E-state index contributed by atoms with van der Waals surface area (Å²) in [5.41, 5.74) is 1.16. The average Bonchev–Trinajstić information content (AvgIpc) is 2.75. The SMILES string of the molecule is COc1ccc(C(CNC(=O)c2ccc(Br)c([N+](=O)[O-])c2)N2CCOCC2)cc1. The standard InChI is InChI=1S/C20H22BrN3O5/c1-28-16-5-2-14(3-6-16)19(23-8-10-29-11-9-23)13-22-20(25)15-4-7-17(21)18(12-15)24(26)27/h2-7,12,19H,8-11,13H2,1H3,(H,22,25). The molecule has 1 aliphatic rings. The van der Waals surface area contributed by atoms with Crippen molar-refractivity contribution in [2.45, 2.75) is 6.04 Å². The van der Waals surface area contributed by atoms with E-state index in [1.807, 2.05) is 24.3 Å². The zero-order chi connectivity index (χ0) is 20.8. The molecule has 29 heavy (non-hydrogen) atoms. The molecule has 8 nitrogen and oxygen atoms in total. The number of methoxy groups -OCH3 is 1. The van der Waals surface area contributed by atoms with Gasteiger partial charge in [-0.3, -0.25) is 19.8 Å². The largest absolute Gasteiger partial charge is 0.497 e. The number of halogens is 1. The van der Waals surface area contributed by atoms with E-state index in [0.29, 0.717) is 24.2 Å². The van der Waals surface area contributed by atoms with Crippen molar-refractivity contribution < 1.29 is 19.2 Å². The van der Waals surface area contributed by atoms with Crippen LogP contribution in [0.3, 0.4) is 0 Å². The van der Waals surface area contributed by atoms with Crippen LogP contribution in [0.15, 0.2) is 46.9 Å². The lowest BCUT2D eigenvalue weighted by molar-refractivity contribution is -0.385. The van der Waals surface area contributed by atoms with Crippen molar-refractivity contribution in [2.24, 2.45) is 0 Å². The van der Waals surface area contributed by atoms with Gasteiger partial charge in [-0.15, -0.1) is 0 Å². The van der Waals surface area contributed by atoms with Gasteiger partial charge in [0.05, 0.1) is 35.8 Å². The second-order valence-corrected chi connectivity index (χ2v) is 7.42. The number of benzene rings is 2. The predicted molar refractivity (Wildman–Crippen MR) is 111 cm³/mol. The lowest BCUT2D eigenvalue weighted by Crippen LogP contribution is -2.43. The smallest absolute Gasteiger partial charge is 0.284 e. The number of hydrogen-bond donors (Lipinski definition) is 1. The number of ether oxygens (including phenoxy) is 2. The normalized spacial score (nSPS) is 15.5. The zero-order valence-electron chi connectivity index (χ0n) is 16.0. The van der Waals surface area contributed by atoms with Crippen LogP contribution < -0.4 is 10.1 Å². The van der Waals surface area contributed by atoms with Crippen molar-refractivity contribution in [3.8, 4) is 5.75 Å². The number of nitro groups is 1. The molecular weight excluding hydrogens is 442 g/mol. The van der Waals surface area contributed by atoms with E-state index in [0.717, 1.165) is 24.4 Å². The number of rotatable bonds is 7. The first kappa shape index (κ1) is 21.2. The third kappa shape index (κ3) is 5.31. The summed E-state index contributed by atoms with van der Waals surface area (Å²) in [6.45, 7) is 3.17. The summed E-state index contributed by atoms with van der Waals surface area (Å²) < 4.78 is 11.0. The highest BCUT2D eigenvalue weighted by molar-refractivity contribution is 9.10. The number of nitrogens with zero attached hydrogens (tertiary/aromatic N) is 2. The lowest BCUT2D eigenvalue weighted by atomic mass is 10.0. The molecule has 0 aliphatic carbocycles. The first-order valence-electron chi connectivity index (χ1n) is 9.17. The average molecular weight is 464 g/mol. The minimum absolute atomic E-state index is 0.0424. The fourth-order valence-electron chi connectivity index (χ4n) is 3.26. The molecule has 3 rings (SSSR count). The fourth-order valence-corrected chi connectivity index (χ4v) is 3.65. The molecule has 2 aromatic rings. The summed E-state index contributed by atoms with van der Waals surface area (Å²) in [5.74, 6) is 0.410. The summed E-state index contributed by atoms with van der Waals surface area (Å²) in [4.78, 5) is 25.5. The number of carbonyl (C=O) groups excluding carboxylic acids is 1. The van der Waals surface area contributed by atoms with Crippen LogP contribution in [0.2, 0.25) is 0 Å². The van der Waals surface area contributed by atoms with Crippen LogP contribution in [-0.2, 0) is 4.74 Å². The van der Waals surface area contributed by atoms with Crippen molar-refractivity contribution in [1.29, 1.82) is 0 Å². The summed E-state index contributed by atoms with van der Waals surface area (Å²) in [7, 11) is 1.62. The highest BCUT2D eigenvalue weighted by Crippen LogP contribution is 2.26. The van der Waals surface area contributed by atoms with Crippen LogP contribution in [0.25, 0.3) is 0 Å². The van der Waals surface area contributed by atoms with Gasteiger partial charge in [0.1, 0.15) is 5.75 Å². The number of amides is 1. The van der Waals surface area contributed by atoms with Gasteiger partial charge in [0.25, 0.3) is 11.6 Å². The maximum atomic E-state index is 12.6. The fraction of sp³-hybridized carbons (Fsp3) is 0.350. The number of hydrogen-bond acceptors (Lipinski definition) is 6. The third-order valence-corrected chi connectivity index (χ3v) is 5.52. The van der Waals surface area contributed by atoms with Gasteiger partial charge >= 0.3 is 0 Å². The van der Waals surface area contributed by atoms with Crippen molar-refractivity contribution in [3.63, 3.8) is 0 Å². The maximum Gasteiger partial charge on any atom is 0.284 e. The topological polar surface area (TPSA) is 93.9 Å². The Hall–Kier alpha value is -2.49. The van der Waals surface area contributed by atoms with Gasteiger partial charge in [0, 0.05) is 31.3 Å². The molecule has 9 heteroatoms. The molecule has 0 spiro atoms. The van der Waals surface area contributed by atoms with Crippen LogP contribution in [0.1, 0.15) is 22.0 Å². The highest BCUT2D eigenvalue weighted by Gasteiger charge is 2.24. The molecule has 0 saturated carbocycles. The van der Waals surface area contributed by atoms with E-state index in [2.05, 4.69) is 26.1 Å². The molecule has 1 saturated heterocycles. The van der Waals surface area contributed by atoms with Gasteiger partial charge in [0.2, 0.25) is 0 Å². The summed E-state index contributed by atoms with van der Waals surface area (Å²) in [6.07, 6.45) is 0. The molecule has 1 atom stereocenters. The Morgan fingerprint density at radius 3 is 2.59 bits per heavy atom. The van der Waals surface area contributed by atoms with E-state index in [1.165, 1.54) is 12.1 Å². The third-order valence-electron chi connectivity index (χ3n) is 4.85. The molecule has 2 aromatic carbocycles. The van der Waals surface area contributed by atoms with Crippen LogP contribution in [0, 0.1) is 10.1 Å². The first-order chi connectivity index (χ1) is 14.0. The van der Waals surface area contributed by atoms with Gasteiger partial charge in [-0.05, 0) is 45.8 Å². The number of nitro benzene ring substituents is 1. The molecule has 1 unspecified atom stereocenters. The Morgan fingerprint density at radius 1 is 1.28 bits per heavy atom. The molecule has 1 heterocycles. The van der Waals surface area contributed by atoms with Crippen LogP contribution in [-0.4, -0.2) is 55.7 Å². The van der Waals surface area contributed by atoms with E-state index in [9.17, 15) is 14.9 Å². The van der Waals surface area contributed by atoms with E-state index >= 15 is 0 Å². The molecule has 154 valence electrons. The van der Waals surface area contributed by atoms with E-state index in [4.69, 9.17) is 9.47 Å². The Morgan fingerprint density at radius 2 is 1.97 bits per heavy atom. The predicted octanol–water partition coefficient (Wildman–Crippen LogP) is 3.17. The number of nitrogens with one attached hydrogen (secondary N) is 1. The Labute approximate surface area is 177 Å². The quantitative estimate of drug-likeness (QED) is 0.500. The molecule has 0 aromatic heterocycles. The second-order valence-electron chi connectivity index (χ2n) is 6.57. The molecule has 0 bridgehead atoms. The zero-order valence-corrected chi connectivity index (χ0v) is 17.6. The molecule has 1 N–H and O–H groups in total.